The average molecular weight is 726 g/mol. The SMILES string of the molecule is COC(=O)c1cc(Oc2ccc(Cl)cc2Cl)ccc1[N+](=O)[O-].Cc1nn(-c2cc(CC(Cl)C(=O)O)c(Cl)cc2F)c(=O)n1C(F)F. The van der Waals surface area contributed by atoms with Gasteiger partial charge in [-0.25, -0.2) is 18.5 Å². The number of aliphatic carboxylic acids is 1. The minimum absolute atomic E-state index is 0.0926. The number of esters is 1. The third-order valence-corrected chi connectivity index (χ3v) is 7.10. The van der Waals surface area contributed by atoms with E-state index in [0.717, 1.165) is 32.2 Å². The van der Waals surface area contributed by atoms with Gasteiger partial charge in [-0.1, -0.05) is 34.8 Å². The Labute approximate surface area is 276 Å². The quantitative estimate of drug-likeness (QED) is 0.0813. The second kappa shape index (κ2) is 15.3. The number of nitro benzene ring substituents is 1. The Balaban J connectivity index is 0.000000251. The van der Waals surface area contributed by atoms with Gasteiger partial charge >= 0.3 is 24.2 Å². The first-order valence-corrected chi connectivity index (χ1v) is 13.9. The summed E-state index contributed by atoms with van der Waals surface area (Å²) in [6.07, 6.45) is -0.258. The number of nitrogens with zero attached hydrogens (tertiary/aromatic N) is 4. The molecule has 0 saturated heterocycles. The Morgan fingerprint density at radius 1 is 1.09 bits per heavy atom. The summed E-state index contributed by atoms with van der Waals surface area (Å²) in [7, 11) is 1.13. The van der Waals surface area contributed by atoms with Gasteiger partial charge in [0.1, 0.15) is 34.0 Å². The van der Waals surface area contributed by atoms with E-state index in [4.69, 9.17) is 56.2 Å². The lowest BCUT2D eigenvalue weighted by Crippen LogP contribution is -2.25. The fourth-order valence-electron chi connectivity index (χ4n) is 3.73. The number of benzene rings is 3. The van der Waals surface area contributed by atoms with Crippen LogP contribution in [0.2, 0.25) is 15.1 Å². The van der Waals surface area contributed by atoms with Crippen LogP contribution in [0.5, 0.6) is 11.5 Å². The summed E-state index contributed by atoms with van der Waals surface area (Å²) in [4.78, 5) is 44.7. The standard InChI is InChI=1S/C14H9Cl2NO5.C13H10Cl2F3N3O3/c1-21-14(18)10-7-9(3-4-12(10)17(19)20)22-13-5-2-8(15)6-11(13)16;1-5-19-21(13(24)20(5)12(17)18)10-3-6(2-8(15)11(22)23)7(14)4-9(10)16/h2-7H,1H3;3-4,8,12H,2H2,1H3,(H,22,23). The van der Waals surface area contributed by atoms with Gasteiger partial charge in [0, 0.05) is 28.6 Å². The van der Waals surface area contributed by atoms with Crippen LogP contribution >= 0.6 is 46.4 Å². The van der Waals surface area contributed by atoms with Crippen molar-refractivity contribution >= 4 is 64.0 Å². The maximum absolute atomic E-state index is 14.1. The number of hydrogen-bond acceptors (Lipinski definition) is 8. The summed E-state index contributed by atoms with van der Waals surface area (Å²) >= 11 is 23.2. The predicted molar refractivity (Wildman–Crippen MR) is 161 cm³/mol. The highest BCUT2D eigenvalue weighted by molar-refractivity contribution is 6.35. The first-order chi connectivity index (χ1) is 21.5. The summed E-state index contributed by atoms with van der Waals surface area (Å²) in [5.41, 5.74) is -2.13. The van der Waals surface area contributed by atoms with Gasteiger partial charge in [0.05, 0.1) is 17.1 Å². The van der Waals surface area contributed by atoms with E-state index in [1.807, 2.05) is 0 Å². The molecule has 1 atom stereocenters. The summed E-state index contributed by atoms with van der Waals surface area (Å²) in [6.45, 7) is -1.97. The molecule has 1 unspecified atom stereocenters. The zero-order valence-electron chi connectivity index (χ0n) is 23.2. The topological polar surface area (TPSA) is 156 Å². The Kier molecular flexibility index (Phi) is 12.0. The number of carboxylic acids is 1. The Bertz CT molecular complexity index is 1870. The first-order valence-electron chi connectivity index (χ1n) is 12.4. The number of rotatable bonds is 9. The molecule has 0 saturated carbocycles. The van der Waals surface area contributed by atoms with Crippen LogP contribution in [0.25, 0.3) is 5.69 Å². The maximum Gasteiger partial charge on any atom is 0.355 e. The second-order valence-corrected chi connectivity index (χ2v) is 10.7. The van der Waals surface area contributed by atoms with Crippen LogP contribution in [0.3, 0.4) is 0 Å². The third kappa shape index (κ3) is 8.48. The molecule has 12 nitrogen and oxygen atoms in total. The number of carboxylic acid groups (broad SMARTS) is 1. The van der Waals surface area contributed by atoms with Crippen molar-refractivity contribution in [1.29, 1.82) is 0 Å². The van der Waals surface area contributed by atoms with Gasteiger partial charge < -0.3 is 14.6 Å². The average Bonchev–Trinajstić information content (AvgIpc) is 3.28. The van der Waals surface area contributed by atoms with Crippen LogP contribution in [-0.2, 0) is 16.0 Å². The largest absolute Gasteiger partial charge is 0.480 e. The van der Waals surface area contributed by atoms with E-state index in [9.17, 15) is 37.7 Å². The van der Waals surface area contributed by atoms with Crippen molar-refractivity contribution in [2.75, 3.05) is 7.11 Å². The highest BCUT2D eigenvalue weighted by atomic mass is 35.5. The fraction of sp³-hybridized carbons (Fsp3) is 0.185. The van der Waals surface area contributed by atoms with Crippen LogP contribution < -0.4 is 10.4 Å². The molecule has 46 heavy (non-hydrogen) atoms. The van der Waals surface area contributed by atoms with E-state index in [2.05, 4.69) is 9.84 Å². The monoisotopic (exact) mass is 724 g/mol. The van der Waals surface area contributed by atoms with Crippen molar-refractivity contribution in [2.24, 2.45) is 0 Å². The van der Waals surface area contributed by atoms with Gasteiger partial charge in [-0.3, -0.25) is 14.9 Å². The van der Waals surface area contributed by atoms with Crippen molar-refractivity contribution in [3.05, 3.63) is 107 Å². The summed E-state index contributed by atoms with van der Waals surface area (Å²) in [5, 5.41) is 22.6. The summed E-state index contributed by atoms with van der Waals surface area (Å²) < 4.78 is 50.4. The van der Waals surface area contributed by atoms with E-state index < -0.39 is 46.0 Å². The maximum atomic E-state index is 14.1. The molecule has 0 amide bonds. The molecule has 1 heterocycles. The van der Waals surface area contributed by atoms with E-state index in [1.54, 1.807) is 12.1 Å². The number of carbonyl (C=O) groups excluding carboxylic acids is 1. The van der Waals surface area contributed by atoms with E-state index >= 15 is 0 Å². The number of alkyl halides is 3. The van der Waals surface area contributed by atoms with Crippen LogP contribution in [0.1, 0.15) is 28.3 Å². The Morgan fingerprint density at radius 3 is 2.30 bits per heavy atom. The van der Waals surface area contributed by atoms with Gasteiger partial charge in [-0.2, -0.15) is 13.5 Å². The van der Waals surface area contributed by atoms with Crippen LogP contribution in [-0.4, -0.2) is 48.8 Å². The van der Waals surface area contributed by atoms with Gasteiger partial charge in [0.2, 0.25) is 0 Å². The number of aromatic nitrogens is 3. The van der Waals surface area contributed by atoms with Crippen LogP contribution in [0.15, 0.2) is 53.3 Å². The minimum Gasteiger partial charge on any atom is -0.480 e. The van der Waals surface area contributed by atoms with Crippen molar-refractivity contribution in [2.45, 2.75) is 25.3 Å². The zero-order chi connectivity index (χ0) is 34.5. The molecule has 244 valence electrons. The molecule has 19 heteroatoms. The smallest absolute Gasteiger partial charge is 0.355 e. The second-order valence-electron chi connectivity index (χ2n) is 8.90. The van der Waals surface area contributed by atoms with Gasteiger partial charge in [-0.05, 0) is 48.9 Å². The van der Waals surface area contributed by atoms with Crippen LogP contribution in [0, 0.1) is 22.9 Å². The Morgan fingerprint density at radius 2 is 1.76 bits per heavy atom. The van der Waals surface area contributed by atoms with Gasteiger partial charge in [-0.15, -0.1) is 16.7 Å². The molecule has 4 rings (SSSR count). The predicted octanol–water partition coefficient (Wildman–Crippen LogP) is 7.25. The highest BCUT2D eigenvalue weighted by Crippen LogP contribution is 2.33. The molecule has 0 aliphatic rings. The van der Waals surface area contributed by atoms with E-state index in [-0.39, 0.29) is 49.4 Å². The number of halogens is 7. The molecular formula is C27H19Cl4F3N4O8. The van der Waals surface area contributed by atoms with Crippen LogP contribution in [0.4, 0.5) is 18.9 Å². The molecule has 0 fully saturated rings. The lowest BCUT2D eigenvalue weighted by atomic mass is 10.1. The molecule has 0 radical (unpaired) electrons. The third-order valence-electron chi connectivity index (χ3n) is 5.88. The number of aryl methyl sites for hydroxylation is 1. The zero-order valence-corrected chi connectivity index (χ0v) is 26.2. The molecule has 3 aromatic carbocycles. The van der Waals surface area contributed by atoms with Crippen molar-refractivity contribution in [3.8, 4) is 17.2 Å². The first kappa shape index (κ1) is 36.2. The van der Waals surface area contributed by atoms with Gasteiger partial charge in [0.15, 0.2) is 5.82 Å². The lowest BCUT2D eigenvalue weighted by Gasteiger charge is -2.10. The molecular weight excluding hydrogens is 707 g/mol. The molecule has 0 aliphatic carbocycles. The number of methoxy groups -OCH3 is 1. The number of nitro groups is 1. The summed E-state index contributed by atoms with van der Waals surface area (Å²) in [6, 6.07) is 10.2. The van der Waals surface area contributed by atoms with Gasteiger partial charge in [0.25, 0.3) is 5.69 Å². The normalized spacial score (nSPS) is 11.4. The van der Waals surface area contributed by atoms with Crippen molar-refractivity contribution < 1.29 is 42.3 Å². The van der Waals surface area contributed by atoms with E-state index in [1.165, 1.54) is 18.2 Å². The van der Waals surface area contributed by atoms with E-state index in [0.29, 0.717) is 15.5 Å². The fourth-order valence-corrected chi connectivity index (χ4v) is 4.57. The minimum atomic E-state index is -3.14. The highest BCUT2D eigenvalue weighted by Gasteiger charge is 2.24. The number of hydrogen-bond donors (Lipinski definition) is 1. The molecule has 0 bridgehead atoms. The molecule has 0 spiro atoms. The number of ether oxygens (including phenoxy) is 2. The summed E-state index contributed by atoms with van der Waals surface area (Å²) in [5.74, 6) is -2.93. The lowest BCUT2D eigenvalue weighted by molar-refractivity contribution is -0.385. The van der Waals surface area contributed by atoms with Crippen molar-refractivity contribution in [3.63, 3.8) is 0 Å². The molecule has 1 N–H and O–H groups in total. The Hall–Kier alpha value is -4.31. The van der Waals surface area contributed by atoms with Crippen molar-refractivity contribution in [1.82, 2.24) is 14.3 Å². The molecule has 1 aromatic heterocycles. The number of carbonyl (C=O) groups is 2. The molecule has 0 aliphatic heterocycles. The molecule has 4 aromatic rings.